The van der Waals surface area contributed by atoms with Gasteiger partial charge in [-0.05, 0) is 24.3 Å². The first kappa shape index (κ1) is 24.4. The zero-order valence-corrected chi connectivity index (χ0v) is 18.4. The number of anilines is 2. The number of urea groups is 1. The highest BCUT2D eigenvalue weighted by Gasteiger charge is 2.17. The number of para-hydroxylation sites is 1. The Morgan fingerprint density at radius 1 is 1.12 bits per heavy atom. The van der Waals surface area contributed by atoms with E-state index in [2.05, 4.69) is 20.9 Å². The predicted molar refractivity (Wildman–Crippen MR) is 119 cm³/mol. The monoisotopic (exact) mass is 492 g/mol. The highest BCUT2D eigenvalue weighted by Crippen LogP contribution is 2.37. The maximum Gasteiger partial charge on any atom is 0.325 e. The maximum absolute atomic E-state index is 14.2. The van der Waals surface area contributed by atoms with Crippen LogP contribution in [0.2, 0.25) is 0 Å². The van der Waals surface area contributed by atoms with Gasteiger partial charge in [-0.2, -0.15) is 0 Å². The number of benzene rings is 2. The van der Waals surface area contributed by atoms with Crippen LogP contribution in [0.5, 0.6) is 17.2 Å². The lowest BCUT2D eigenvalue weighted by atomic mass is 10.2. The van der Waals surface area contributed by atoms with Crippen LogP contribution >= 0.6 is 11.3 Å². The summed E-state index contributed by atoms with van der Waals surface area (Å²) in [6.07, 6.45) is -0.181. The van der Waals surface area contributed by atoms with Crippen molar-refractivity contribution < 1.29 is 37.7 Å². The van der Waals surface area contributed by atoms with Gasteiger partial charge in [0, 0.05) is 11.4 Å². The van der Waals surface area contributed by atoms with Gasteiger partial charge in [-0.1, -0.05) is 6.07 Å². The zero-order valence-electron chi connectivity index (χ0n) is 17.6. The molecule has 178 valence electrons. The fourth-order valence-electron chi connectivity index (χ4n) is 2.65. The van der Waals surface area contributed by atoms with Crippen molar-refractivity contribution in [2.45, 2.75) is 6.42 Å². The lowest BCUT2D eigenvalue weighted by Gasteiger charge is -2.15. The van der Waals surface area contributed by atoms with E-state index in [4.69, 9.17) is 14.6 Å². The van der Waals surface area contributed by atoms with Crippen molar-refractivity contribution in [1.82, 2.24) is 10.3 Å². The lowest BCUT2D eigenvalue weighted by molar-refractivity contribution is -0.137. The number of carboxylic acid groups (broad SMARTS) is 1. The van der Waals surface area contributed by atoms with Crippen LogP contribution in [-0.2, 0) is 16.0 Å². The Morgan fingerprint density at radius 3 is 2.65 bits per heavy atom. The number of thiazole rings is 1. The second kappa shape index (κ2) is 11.0. The molecule has 0 bridgehead atoms. The van der Waals surface area contributed by atoms with E-state index in [-0.39, 0.29) is 34.5 Å². The number of amides is 3. The average Bonchev–Trinajstić information content (AvgIpc) is 3.21. The van der Waals surface area contributed by atoms with Crippen LogP contribution in [-0.4, -0.2) is 41.7 Å². The Hall–Kier alpha value is -4.26. The number of methoxy groups -OCH3 is 1. The van der Waals surface area contributed by atoms with Crippen molar-refractivity contribution in [1.29, 1.82) is 0 Å². The Morgan fingerprint density at radius 2 is 1.91 bits per heavy atom. The summed E-state index contributed by atoms with van der Waals surface area (Å²) in [7, 11) is 1.33. The number of carbonyl (C=O) groups excluding carboxylic acids is 2. The first-order chi connectivity index (χ1) is 16.2. The molecule has 10 nitrogen and oxygen atoms in total. The number of hydrogen-bond donors (Lipinski definition) is 4. The molecule has 3 rings (SSSR count). The quantitative estimate of drug-likeness (QED) is 0.358. The molecule has 34 heavy (non-hydrogen) atoms. The zero-order chi connectivity index (χ0) is 24.7. The minimum absolute atomic E-state index is 0.0464. The molecular weight excluding hydrogens is 474 g/mol. The Balaban J connectivity index is 1.68. The van der Waals surface area contributed by atoms with Crippen LogP contribution in [0.1, 0.15) is 5.69 Å². The van der Waals surface area contributed by atoms with Gasteiger partial charge in [0.05, 0.1) is 24.9 Å². The fraction of sp³-hybridized carbons (Fsp3) is 0.143. The van der Waals surface area contributed by atoms with Gasteiger partial charge in [-0.3, -0.25) is 14.9 Å². The normalized spacial score (nSPS) is 10.3. The Labute approximate surface area is 195 Å². The molecule has 0 aliphatic rings. The first-order valence-corrected chi connectivity index (χ1v) is 10.4. The van der Waals surface area contributed by atoms with Crippen molar-refractivity contribution in [3.8, 4) is 17.2 Å². The summed E-state index contributed by atoms with van der Waals surface area (Å²) < 4.78 is 38.7. The third-order valence-electron chi connectivity index (χ3n) is 4.10. The van der Waals surface area contributed by atoms with E-state index in [0.29, 0.717) is 5.69 Å². The highest BCUT2D eigenvalue weighted by atomic mass is 32.1. The molecule has 0 atom stereocenters. The summed E-state index contributed by atoms with van der Waals surface area (Å²) >= 11 is 1.02. The van der Waals surface area contributed by atoms with E-state index < -0.39 is 36.1 Å². The van der Waals surface area contributed by atoms with Crippen LogP contribution < -0.4 is 25.4 Å². The van der Waals surface area contributed by atoms with Gasteiger partial charge in [0.2, 0.25) is 11.7 Å². The number of carboxylic acids is 1. The average molecular weight is 492 g/mol. The van der Waals surface area contributed by atoms with Crippen LogP contribution in [0.4, 0.5) is 24.4 Å². The molecule has 1 heterocycles. The smallest absolute Gasteiger partial charge is 0.325 e. The largest absolute Gasteiger partial charge is 0.493 e. The standard InChI is InChI=1S/C21H18F2N4O6S/c1-32-16-4-2-3-13(23)19(16)33-15-6-5-11(22)7-14(15)26-20(31)27-21-25-12(10-34-21)8-17(28)24-9-18(29)30/h2-7,10H,8-9H2,1H3,(H,24,28)(H,29,30)(H2,25,26,27,31). The highest BCUT2D eigenvalue weighted by molar-refractivity contribution is 7.14. The van der Waals surface area contributed by atoms with Crippen LogP contribution in [0, 0.1) is 11.6 Å². The third kappa shape index (κ3) is 6.62. The lowest BCUT2D eigenvalue weighted by Crippen LogP contribution is -2.30. The topological polar surface area (TPSA) is 139 Å². The minimum atomic E-state index is -1.18. The molecule has 0 saturated heterocycles. The Bertz CT molecular complexity index is 1220. The van der Waals surface area contributed by atoms with Crippen molar-refractivity contribution in [2.24, 2.45) is 0 Å². The van der Waals surface area contributed by atoms with E-state index in [1.54, 1.807) is 0 Å². The molecule has 0 unspecified atom stereocenters. The molecule has 0 saturated carbocycles. The minimum Gasteiger partial charge on any atom is -0.493 e. The van der Waals surface area contributed by atoms with Gasteiger partial charge in [0.15, 0.2) is 22.4 Å². The van der Waals surface area contributed by atoms with Crippen molar-refractivity contribution in [3.63, 3.8) is 0 Å². The molecule has 0 aliphatic heterocycles. The van der Waals surface area contributed by atoms with E-state index >= 15 is 0 Å². The second-order valence-electron chi connectivity index (χ2n) is 6.58. The van der Waals surface area contributed by atoms with E-state index in [9.17, 15) is 23.2 Å². The number of nitrogens with zero attached hydrogens (tertiary/aromatic N) is 1. The third-order valence-corrected chi connectivity index (χ3v) is 4.91. The summed E-state index contributed by atoms with van der Waals surface area (Å²) in [6.45, 7) is -0.521. The van der Waals surface area contributed by atoms with E-state index in [1.807, 2.05) is 0 Å². The number of aromatic nitrogens is 1. The molecule has 4 N–H and O–H groups in total. The molecule has 0 spiro atoms. The van der Waals surface area contributed by atoms with Crippen LogP contribution in [0.25, 0.3) is 0 Å². The molecular formula is C21H18F2N4O6S. The molecule has 1 aromatic heterocycles. The van der Waals surface area contributed by atoms with Gasteiger partial charge in [-0.15, -0.1) is 11.3 Å². The predicted octanol–water partition coefficient (Wildman–Crippen LogP) is 3.61. The van der Waals surface area contributed by atoms with Gasteiger partial charge in [0.1, 0.15) is 12.4 Å². The second-order valence-corrected chi connectivity index (χ2v) is 7.44. The fourth-order valence-corrected chi connectivity index (χ4v) is 3.35. The summed E-state index contributed by atoms with van der Waals surface area (Å²) in [4.78, 5) is 38.7. The summed E-state index contributed by atoms with van der Waals surface area (Å²) in [5, 5.41) is 17.3. The molecule has 0 fully saturated rings. The van der Waals surface area contributed by atoms with Gasteiger partial charge < -0.3 is 25.2 Å². The van der Waals surface area contributed by atoms with Gasteiger partial charge in [0.25, 0.3) is 0 Å². The van der Waals surface area contributed by atoms with Gasteiger partial charge >= 0.3 is 12.0 Å². The molecule has 0 radical (unpaired) electrons. The number of hydrogen-bond acceptors (Lipinski definition) is 7. The van der Waals surface area contributed by atoms with Crippen LogP contribution in [0.3, 0.4) is 0 Å². The number of ether oxygens (including phenoxy) is 2. The molecule has 13 heteroatoms. The first-order valence-electron chi connectivity index (χ1n) is 9.56. The molecule has 3 amide bonds. The molecule has 2 aromatic carbocycles. The number of rotatable bonds is 9. The molecule has 3 aromatic rings. The SMILES string of the molecule is COc1cccc(F)c1Oc1ccc(F)cc1NC(=O)Nc1nc(CC(=O)NCC(=O)O)cs1. The van der Waals surface area contributed by atoms with Gasteiger partial charge in [-0.25, -0.2) is 18.6 Å². The van der Waals surface area contributed by atoms with Crippen molar-refractivity contribution in [3.05, 3.63) is 59.1 Å². The van der Waals surface area contributed by atoms with Crippen molar-refractivity contribution >= 4 is 40.1 Å². The number of nitrogens with one attached hydrogen (secondary N) is 3. The molecule has 0 aliphatic carbocycles. The summed E-state index contributed by atoms with van der Waals surface area (Å²) in [6, 6.07) is 6.54. The maximum atomic E-state index is 14.2. The van der Waals surface area contributed by atoms with E-state index in [1.165, 1.54) is 30.7 Å². The number of aliphatic carboxylic acids is 1. The van der Waals surface area contributed by atoms with E-state index in [0.717, 1.165) is 29.5 Å². The van der Waals surface area contributed by atoms with Crippen LogP contribution in [0.15, 0.2) is 41.8 Å². The van der Waals surface area contributed by atoms with Crippen molar-refractivity contribution in [2.75, 3.05) is 24.3 Å². The Kier molecular flexibility index (Phi) is 7.92. The number of halogens is 2. The summed E-state index contributed by atoms with van der Waals surface area (Å²) in [5.74, 6) is -3.31. The summed E-state index contributed by atoms with van der Waals surface area (Å²) in [5.41, 5.74) is 0.220. The number of carbonyl (C=O) groups is 3.